The van der Waals surface area contributed by atoms with Crippen LogP contribution in [0.25, 0.3) is 0 Å². The second-order valence-electron chi connectivity index (χ2n) is 2.87. The predicted molar refractivity (Wildman–Crippen MR) is 49.4 cm³/mol. The van der Waals surface area contributed by atoms with Crippen LogP contribution in [-0.4, -0.2) is 4.55 Å². The van der Waals surface area contributed by atoms with Crippen molar-refractivity contribution in [3.05, 3.63) is 20.3 Å². The molecule has 3 heteroatoms. The Balaban J connectivity index is 2.50. The van der Waals surface area contributed by atoms with Crippen molar-refractivity contribution in [1.29, 1.82) is 0 Å². The summed E-state index contributed by atoms with van der Waals surface area (Å²) < 4.78 is 12.3. The van der Waals surface area contributed by atoms with Crippen molar-refractivity contribution in [2.45, 2.75) is 25.7 Å². The van der Waals surface area contributed by atoms with E-state index in [2.05, 4.69) is 15.9 Å². The Hall–Kier alpha value is 0.140. The van der Waals surface area contributed by atoms with Crippen LogP contribution in [0, 0.1) is 0 Å². The van der Waals surface area contributed by atoms with Crippen LogP contribution in [0.1, 0.15) is 23.3 Å². The molecule has 60 valence electrons. The summed E-state index contributed by atoms with van der Waals surface area (Å²) in [6.07, 6.45) is 4.62. The van der Waals surface area contributed by atoms with Crippen molar-refractivity contribution >= 4 is 26.7 Å². The lowest BCUT2D eigenvalue weighted by Gasteiger charge is -2.07. The maximum atomic E-state index is 11.5. The van der Waals surface area contributed by atoms with Crippen molar-refractivity contribution in [2.75, 3.05) is 0 Å². The smallest absolute Gasteiger partial charge is 0.215 e. The second kappa shape index (κ2) is 2.88. The molecule has 1 aliphatic rings. The number of aryl methyl sites for hydroxylation is 1. The highest BCUT2D eigenvalue weighted by molar-refractivity contribution is 9.11. The van der Waals surface area contributed by atoms with Crippen LogP contribution in [-0.2, 0) is 12.8 Å². The molecule has 1 atom stereocenters. The fourth-order valence-corrected chi connectivity index (χ4v) is 3.65. The zero-order valence-electron chi connectivity index (χ0n) is 6.10. The van der Waals surface area contributed by atoms with Gasteiger partial charge in [-0.15, -0.1) is 0 Å². The number of hydrogen-bond donors (Lipinski definition) is 0. The lowest BCUT2D eigenvalue weighted by molar-refractivity contribution is 0.590. The molecule has 1 heterocycles. The van der Waals surface area contributed by atoms with Crippen molar-refractivity contribution in [3.63, 3.8) is 0 Å². The van der Waals surface area contributed by atoms with Gasteiger partial charge in [0.05, 0.1) is 0 Å². The highest BCUT2D eigenvalue weighted by Gasteiger charge is 2.21. The summed E-state index contributed by atoms with van der Waals surface area (Å²) in [5.74, 6) is 0. The molecule has 1 unspecified atom stereocenters. The van der Waals surface area contributed by atoms with Crippen molar-refractivity contribution in [3.8, 4) is 0 Å². The van der Waals surface area contributed by atoms with E-state index < -0.39 is 10.8 Å². The molecule has 0 aliphatic heterocycles. The van der Waals surface area contributed by atoms with Crippen LogP contribution in [0.3, 0.4) is 0 Å². The van der Waals surface area contributed by atoms with Crippen LogP contribution in [0.4, 0.5) is 0 Å². The first-order valence-corrected chi connectivity index (χ1v) is 5.74. The topological polar surface area (TPSA) is 23.1 Å². The Kier molecular flexibility index (Phi) is 2.04. The molecule has 0 aromatic carbocycles. The number of fused-ring (bicyclic) bond motifs is 1. The molecule has 2 rings (SSSR count). The SMILES string of the molecule is [O-][s+]1c(Br)cc2c1CCCC2. The van der Waals surface area contributed by atoms with E-state index in [1.165, 1.54) is 23.3 Å². The third kappa shape index (κ3) is 1.25. The molecule has 0 fully saturated rings. The largest absolute Gasteiger partial charge is 0.590 e. The number of hydrogen-bond acceptors (Lipinski definition) is 1. The normalized spacial score (nSPS) is 18.2. The number of thiophene rings is 1. The van der Waals surface area contributed by atoms with Crippen LogP contribution >= 0.6 is 26.7 Å². The minimum Gasteiger partial charge on any atom is -0.590 e. The second-order valence-corrected chi connectivity index (χ2v) is 5.72. The Bertz CT molecular complexity index is 280. The Morgan fingerprint density at radius 3 is 2.82 bits per heavy atom. The Morgan fingerprint density at radius 1 is 1.36 bits per heavy atom. The molecule has 0 bridgehead atoms. The standard InChI is InChI=1S/C8H9BrOS/c9-8-5-6-3-1-2-4-7(6)11(8)10/h5H,1-4H2. The van der Waals surface area contributed by atoms with Gasteiger partial charge in [-0.2, -0.15) is 0 Å². The van der Waals surface area contributed by atoms with Gasteiger partial charge in [0.15, 0.2) is 4.88 Å². The fourth-order valence-electron chi connectivity index (χ4n) is 1.57. The zero-order chi connectivity index (χ0) is 7.84. The summed E-state index contributed by atoms with van der Waals surface area (Å²) in [6.45, 7) is 0. The lowest BCUT2D eigenvalue weighted by atomic mass is 10.00. The van der Waals surface area contributed by atoms with E-state index in [1.807, 2.05) is 6.07 Å². The van der Waals surface area contributed by atoms with Gasteiger partial charge in [-0.1, -0.05) is 0 Å². The third-order valence-corrected chi connectivity index (χ3v) is 4.64. The molecule has 0 amide bonds. The summed E-state index contributed by atoms with van der Waals surface area (Å²) in [5.41, 5.74) is 1.32. The molecule has 1 nitrogen and oxygen atoms in total. The van der Waals surface area contributed by atoms with Crippen molar-refractivity contribution < 1.29 is 4.55 Å². The maximum Gasteiger partial charge on any atom is 0.215 e. The first kappa shape index (κ1) is 7.77. The summed E-state index contributed by atoms with van der Waals surface area (Å²) >= 11 is 3.31. The van der Waals surface area contributed by atoms with Crippen molar-refractivity contribution in [2.24, 2.45) is 0 Å². The van der Waals surface area contributed by atoms with E-state index in [0.29, 0.717) is 0 Å². The molecule has 1 aliphatic carbocycles. The summed E-state index contributed by atoms with van der Waals surface area (Å²) in [7, 11) is -0.827. The van der Waals surface area contributed by atoms with Gasteiger partial charge in [0.1, 0.15) is 0 Å². The average Bonchev–Trinajstić information content (AvgIpc) is 2.30. The van der Waals surface area contributed by atoms with E-state index in [0.717, 1.165) is 16.6 Å². The maximum absolute atomic E-state index is 11.5. The first-order chi connectivity index (χ1) is 5.29. The molecular formula is C8H9BrOS. The van der Waals surface area contributed by atoms with E-state index in [4.69, 9.17) is 0 Å². The molecule has 0 N–H and O–H groups in total. The minimum atomic E-state index is -0.827. The highest BCUT2D eigenvalue weighted by Crippen LogP contribution is 2.39. The molecule has 11 heavy (non-hydrogen) atoms. The van der Waals surface area contributed by atoms with E-state index >= 15 is 0 Å². The molecule has 0 spiro atoms. The van der Waals surface area contributed by atoms with Crippen molar-refractivity contribution in [1.82, 2.24) is 0 Å². The van der Waals surface area contributed by atoms with Gasteiger partial charge < -0.3 is 4.55 Å². The zero-order valence-corrected chi connectivity index (χ0v) is 8.50. The minimum absolute atomic E-state index is 0.827. The summed E-state index contributed by atoms with van der Waals surface area (Å²) in [4.78, 5) is 1.17. The fraction of sp³-hybridized carbons (Fsp3) is 0.500. The van der Waals surface area contributed by atoms with Gasteiger partial charge in [0, 0.05) is 34.0 Å². The van der Waals surface area contributed by atoms with Gasteiger partial charge in [0.25, 0.3) is 0 Å². The van der Waals surface area contributed by atoms with Crippen LogP contribution in [0.15, 0.2) is 9.85 Å². The summed E-state index contributed by atoms with van der Waals surface area (Å²) in [5, 5.41) is 0. The average molecular weight is 233 g/mol. The monoisotopic (exact) mass is 232 g/mol. The highest BCUT2D eigenvalue weighted by atomic mass is 79.9. The van der Waals surface area contributed by atoms with Gasteiger partial charge in [-0.25, -0.2) is 0 Å². The molecule has 0 saturated heterocycles. The van der Waals surface area contributed by atoms with Gasteiger partial charge in [-0.05, 0) is 30.0 Å². The van der Waals surface area contributed by atoms with Crippen LogP contribution in [0.5, 0.6) is 0 Å². The van der Waals surface area contributed by atoms with E-state index in [9.17, 15) is 4.55 Å². The molecular weight excluding hydrogens is 224 g/mol. The summed E-state index contributed by atoms with van der Waals surface area (Å²) in [6, 6.07) is 2.03. The van der Waals surface area contributed by atoms with E-state index in [1.54, 1.807) is 0 Å². The van der Waals surface area contributed by atoms with Gasteiger partial charge >= 0.3 is 0 Å². The first-order valence-electron chi connectivity index (χ1n) is 3.80. The molecule has 1 aromatic heterocycles. The predicted octanol–water partition coefficient (Wildman–Crippen LogP) is 3.06. The quantitative estimate of drug-likeness (QED) is 0.631. The lowest BCUT2D eigenvalue weighted by Crippen LogP contribution is -1.97. The Morgan fingerprint density at radius 2 is 2.09 bits per heavy atom. The molecule has 1 aromatic rings. The molecule has 0 saturated carbocycles. The van der Waals surface area contributed by atoms with Crippen LogP contribution in [0.2, 0.25) is 0 Å². The van der Waals surface area contributed by atoms with Crippen LogP contribution < -0.4 is 0 Å². The third-order valence-electron chi connectivity index (χ3n) is 2.15. The van der Waals surface area contributed by atoms with Gasteiger partial charge in [-0.3, -0.25) is 0 Å². The number of halogens is 1. The number of rotatable bonds is 0. The Labute approximate surface area is 77.4 Å². The van der Waals surface area contributed by atoms with Gasteiger partial charge in [0.2, 0.25) is 3.79 Å². The van der Waals surface area contributed by atoms with E-state index in [-0.39, 0.29) is 0 Å². The molecule has 0 radical (unpaired) electrons.